The Morgan fingerprint density at radius 3 is 2.77 bits per heavy atom. The van der Waals surface area contributed by atoms with Crippen molar-refractivity contribution in [3.05, 3.63) is 41.3 Å². The maximum atomic E-state index is 13.0. The van der Waals surface area contributed by atoms with Gasteiger partial charge in [0, 0.05) is 43.7 Å². The first-order chi connectivity index (χ1) is 14.6. The average molecular weight is 424 g/mol. The van der Waals surface area contributed by atoms with E-state index in [0.29, 0.717) is 28.3 Å². The molecule has 9 heteroatoms. The molecule has 3 aromatic rings. The smallest absolute Gasteiger partial charge is 0.261 e. The molecule has 0 bridgehead atoms. The van der Waals surface area contributed by atoms with Crippen molar-refractivity contribution in [1.82, 2.24) is 25.1 Å². The van der Waals surface area contributed by atoms with Crippen LogP contribution in [0.3, 0.4) is 0 Å². The van der Waals surface area contributed by atoms with Gasteiger partial charge in [0.2, 0.25) is 11.1 Å². The summed E-state index contributed by atoms with van der Waals surface area (Å²) >= 11 is 1.40. The van der Waals surface area contributed by atoms with E-state index < -0.39 is 0 Å². The Morgan fingerprint density at radius 2 is 2.03 bits per heavy atom. The van der Waals surface area contributed by atoms with E-state index in [9.17, 15) is 4.79 Å². The van der Waals surface area contributed by atoms with Crippen LogP contribution in [0.5, 0.6) is 0 Å². The lowest BCUT2D eigenvalue weighted by Crippen LogP contribution is -2.31. The van der Waals surface area contributed by atoms with Gasteiger partial charge < -0.3 is 4.90 Å². The lowest BCUT2D eigenvalue weighted by molar-refractivity contribution is 0.102. The van der Waals surface area contributed by atoms with Gasteiger partial charge in [-0.25, -0.2) is 9.97 Å². The summed E-state index contributed by atoms with van der Waals surface area (Å²) in [7, 11) is 0. The fraction of sp³-hybridized carbons (Fsp3) is 0.429. The normalized spacial score (nSPS) is 14.2. The third kappa shape index (κ3) is 4.79. The number of nitrogens with zero attached hydrogens (tertiary/aromatic N) is 6. The predicted octanol–water partition coefficient (Wildman–Crippen LogP) is 3.83. The largest absolute Gasteiger partial charge is 0.341 e. The van der Waals surface area contributed by atoms with Crippen molar-refractivity contribution in [2.45, 2.75) is 39.5 Å². The molecule has 0 atom stereocenters. The Kier molecular flexibility index (Phi) is 6.27. The van der Waals surface area contributed by atoms with E-state index in [1.165, 1.54) is 17.8 Å². The molecular weight excluding hydrogens is 398 g/mol. The minimum absolute atomic E-state index is 0.300. The molecule has 0 radical (unpaired) electrons. The van der Waals surface area contributed by atoms with Crippen LogP contribution in [0.4, 0.5) is 11.1 Å². The number of nitrogens with one attached hydrogen (secondary N) is 1. The summed E-state index contributed by atoms with van der Waals surface area (Å²) in [6, 6.07) is 3.74. The molecule has 0 aromatic carbocycles. The van der Waals surface area contributed by atoms with Gasteiger partial charge in [-0.3, -0.25) is 15.1 Å². The molecule has 156 valence electrons. The average Bonchev–Trinajstić information content (AvgIpc) is 3.20. The van der Waals surface area contributed by atoms with Crippen LogP contribution in [0.1, 0.15) is 48.5 Å². The van der Waals surface area contributed by atoms with Crippen LogP contribution in [0.25, 0.3) is 11.3 Å². The van der Waals surface area contributed by atoms with E-state index in [-0.39, 0.29) is 5.91 Å². The molecule has 1 aliphatic heterocycles. The number of rotatable bonds is 6. The summed E-state index contributed by atoms with van der Waals surface area (Å²) in [5.41, 5.74) is 1.74. The second-order valence-electron chi connectivity index (χ2n) is 7.77. The van der Waals surface area contributed by atoms with Crippen molar-refractivity contribution in [2.24, 2.45) is 5.92 Å². The second-order valence-corrected chi connectivity index (χ2v) is 8.84. The van der Waals surface area contributed by atoms with Crippen LogP contribution < -0.4 is 10.2 Å². The number of hydrogen-bond donors (Lipinski definition) is 1. The van der Waals surface area contributed by atoms with Crippen molar-refractivity contribution in [3.63, 3.8) is 0 Å². The zero-order valence-corrected chi connectivity index (χ0v) is 18.0. The van der Waals surface area contributed by atoms with Crippen molar-refractivity contribution < 1.29 is 4.79 Å². The molecule has 3 aromatic heterocycles. The number of anilines is 2. The number of amides is 1. The predicted molar refractivity (Wildman–Crippen MR) is 118 cm³/mol. The van der Waals surface area contributed by atoms with Crippen LogP contribution in [0.15, 0.2) is 30.7 Å². The maximum Gasteiger partial charge on any atom is 0.261 e. The molecule has 0 saturated carbocycles. The van der Waals surface area contributed by atoms with Gasteiger partial charge in [-0.1, -0.05) is 25.2 Å². The zero-order chi connectivity index (χ0) is 20.9. The Balaban J connectivity index is 1.62. The van der Waals surface area contributed by atoms with Crippen LogP contribution >= 0.6 is 11.3 Å². The van der Waals surface area contributed by atoms with Gasteiger partial charge in [0.1, 0.15) is 5.01 Å². The van der Waals surface area contributed by atoms with Crippen LogP contribution in [-0.2, 0) is 6.42 Å². The third-order valence-electron chi connectivity index (χ3n) is 4.86. The highest BCUT2D eigenvalue weighted by molar-refractivity contribution is 7.15. The number of hydrogen-bond acceptors (Lipinski definition) is 8. The number of carbonyl (C=O) groups excluding carboxylic acids is 1. The summed E-state index contributed by atoms with van der Waals surface area (Å²) in [5, 5.41) is 12.5. The standard InChI is InChI=1S/C21H25N7OS/c1-14(2)11-17-26-27-21(30-17)25-19(29)16-13-23-20(28-9-4-3-5-10-28)24-18(16)15-7-6-8-22-12-15/h6-8,12-14H,3-5,9-11H2,1-2H3,(H,25,27,29). The molecule has 0 aliphatic carbocycles. The minimum Gasteiger partial charge on any atom is -0.341 e. The first-order valence-corrected chi connectivity index (χ1v) is 11.1. The Bertz CT molecular complexity index is 1000. The minimum atomic E-state index is -0.300. The van der Waals surface area contributed by atoms with E-state index in [2.05, 4.69) is 44.2 Å². The summed E-state index contributed by atoms with van der Waals surface area (Å²) in [6.07, 6.45) is 9.34. The van der Waals surface area contributed by atoms with E-state index >= 15 is 0 Å². The molecule has 0 spiro atoms. The fourth-order valence-electron chi connectivity index (χ4n) is 3.41. The molecular formula is C21H25N7OS. The molecule has 1 amide bonds. The molecule has 0 unspecified atom stereocenters. The summed E-state index contributed by atoms with van der Waals surface area (Å²) in [5.74, 6) is 0.834. The monoisotopic (exact) mass is 423 g/mol. The van der Waals surface area contributed by atoms with Crippen molar-refractivity contribution in [1.29, 1.82) is 0 Å². The van der Waals surface area contributed by atoms with Gasteiger partial charge in [-0.15, -0.1) is 10.2 Å². The third-order valence-corrected chi connectivity index (χ3v) is 5.73. The topological polar surface area (TPSA) is 96.8 Å². The summed E-state index contributed by atoms with van der Waals surface area (Å²) in [4.78, 5) is 28.7. The van der Waals surface area contributed by atoms with Gasteiger partial charge in [-0.05, 0) is 37.3 Å². The van der Waals surface area contributed by atoms with Crippen LogP contribution in [0, 0.1) is 5.92 Å². The highest BCUT2D eigenvalue weighted by Crippen LogP contribution is 2.26. The lowest BCUT2D eigenvalue weighted by Gasteiger charge is -2.27. The van der Waals surface area contributed by atoms with Crippen LogP contribution in [0.2, 0.25) is 0 Å². The Labute approximate surface area is 179 Å². The van der Waals surface area contributed by atoms with Gasteiger partial charge in [-0.2, -0.15) is 0 Å². The first kappa shape index (κ1) is 20.3. The molecule has 4 heterocycles. The van der Waals surface area contributed by atoms with Crippen molar-refractivity contribution in [2.75, 3.05) is 23.3 Å². The second kappa shape index (κ2) is 9.25. The Morgan fingerprint density at radius 1 is 1.20 bits per heavy atom. The van der Waals surface area contributed by atoms with Gasteiger partial charge in [0.25, 0.3) is 5.91 Å². The van der Waals surface area contributed by atoms with Gasteiger partial charge >= 0.3 is 0 Å². The summed E-state index contributed by atoms with van der Waals surface area (Å²) < 4.78 is 0. The molecule has 1 saturated heterocycles. The highest BCUT2D eigenvalue weighted by atomic mass is 32.1. The maximum absolute atomic E-state index is 13.0. The van der Waals surface area contributed by atoms with Crippen LogP contribution in [-0.4, -0.2) is 44.1 Å². The van der Waals surface area contributed by atoms with Crippen molar-refractivity contribution in [3.8, 4) is 11.3 Å². The number of carbonyl (C=O) groups is 1. The highest BCUT2D eigenvalue weighted by Gasteiger charge is 2.21. The number of pyridine rings is 1. The SMILES string of the molecule is CC(C)Cc1nnc(NC(=O)c2cnc(N3CCCCC3)nc2-c2cccnc2)s1. The van der Waals surface area contributed by atoms with Gasteiger partial charge in [0.05, 0.1) is 11.3 Å². The molecule has 1 N–H and O–H groups in total. The van der Waals surface area contributed by atoms with E-state index in [0.717, 1.165) is 42.9 Å². The molecule has 1 fully saturated rings. The van der Waals surface area contributed by atoms with E-state index in [4.69, 9.17) is 4.98 Å². The zero-order valence-electron chi connectivity index (χ0n) is 17.2. The number of aromatic nitrogens is 5. The summed E-state index contributed by atoms with van der Waals surface area (Å²) in [6.45, 7) is 6.12. The first-order valence-electron chi connectivity index (χ1n) is 10.3. The van der Waals surface area contributed by atoms with E-state index in [1.807, 2.05) is 12.1 Å². The molecule has 4 rings (SSSR count). The number of piperidine rings is 1. The van der Waals surface area contributed by atoms with E-state index in [1.54, 1.807) is 18.6 Å². The fourth-order valence-corrected chi connectivity index (χ4v) is 4.36. The molecule has 30 heavy (non-hydrogen) atoms. The lowest BCUT2D eigenvalue weighted by atomic mass is 10.1. The molecule has 8 nitrogen and oxygen atoms in total. The molecule has 1 aliphatic rings. The Hall–Kier alpha value is -2.94. The van der Waals surface area contributed by atoms with Crippen molar-refractivity contribution >= 4 is 28.3 Å². The quantitative estimate of drug-likeness (QED) is 0.643. The van der Waals surface area contributed by atoms with Gasteiger partial charge in [0.15, 0.2) is 0 Å².